The number of benzene rings is 1. The Hall–Kier alpha value is -4.34. The fourth-order valence-electron chi connectivity index (χ4n) is 3.84. The lowest BCUT2D eigenvalue weighted by atomic mass is 9.91. The molecule has 0 aliphatic heterocycles. The molecule has 10 nitrogen and oxygen atoms in total. The zero-order valence-corrected chi connectivity index (χ0v) is 18.8. The van der Waals surface area contributed by atoms with E-state index in [0.29, 0.717) is 17.0 Å². The maximum Gasteiger partial charge on any atom is 0.227 e. The van der Waals surface area contributed by atoms with Crippen molar-refractivity contribution in [2.24, 2.45) is 0 Å². The number of phenols is 1. The molecule has 4 aromatic rings. The molecule has 0 radical (unpaired) electrons. The monoisotopic (exact) mass is 464 g/mol. The van der Waals surface area contributed by atoms with Crippen molar-refractivity contribution in [3.8, 4) is 17.2 Å². The van der Waals surface area contributed by atoms with Gasteiger partial charge in [-0.25, -0.2) is 0 Å². The Bertz CT molecular complexity index is 1410. The summed E-state index contributed by atoms with van der Waals surface area (Å²) in [6.45, 7) is 3.36. The molecule has 2 atom stereocenters. The van der Waals surface area contributed by atoms with Crippen LogP contribution in [0.3, 0.4) is 0 Å². The first kappa shape index (κ1) is 22.8. The molecule has 1 amide bonds. The number of carbonyl (C=O) groups excluding carboxylic acids is 1. The molecule has 176 valence electrons. The number of phenolic OH excluding ortho intramolecular Hbond substituents is 1. The Labute approximate surface area is 194 Å². The molecule has 0 aliphatic rings. The van der Waals surface area contributed by atoms with E-state index in [0.717, 1.165) is 0 Å². The summed E-state index contributed by atoms with van der Waals surface area (Å²) in [6.07, 6.45) is 1.65. The summed E-state index contributed by atoms with van der Waals surface area (Å²) in [5.74, 6) is -0.892. The first-order chi connectivity index (χ1) is 16.3. The second-order valence-corrected chi connectivity index (χ2v) is 7.90. The molecule has 0 aliphatic carbocycles. The average Bonchev–Trinajstić information content (AvgIpc) is 3.25. The fraction of sp³-hybridized carbons (Fsp3) is 0.250. The third-order valence-electron chi connectivity index (χ3n) is 5.49. The first-order valence-electron chi connectivity index (χ1n) is 10.6. The number of carbonyl (C=O) groups is 1. The standard InChI is InChI=1S/C24H24N4O6/c1-13-10-18(30)22(32)23(34-13)16(15-7-8-17(29)19(11-15)33-3)12-21(31)25-14(2)24-27-26-20-6-4-5-9-28(20)24/h4-11,14,16,29,32H,12H2,1-3H3,(H,25,31)/t14-,16-/m1/s1. The minimum Gasteiger partial charge on any atom is -0.504 e. The van der Waals surface area contributed by atoms with E-state index in [2.05, 4.69) is 15.5 Å². The Morgan fingerprint density at radius 1 is 1.21 bits per heavy atom. The first-order valence-corrected chi connectivity index (χ1v) is 10.6. The number of hydrogen-bond acceptors (Lipinski definition) is 8. The summed E-state index contributed by atoms with van der Waals surface area (Å²) in [4.78, 5) is 25.3. The van der Waals surface area contributed by atoms with Gasteiger partial charge in [0.2, 0.25) is 17.1 Å². The predicted octanol–water partition coefficient (Wildman–Crippen LogP) is 2.81. The second kappa shape index (κ2) is 9.26. The Morgan fingerprint density at radius 3 is 2.76 bits per heavy atom. The van der Waals surface area contributed by atoms with Gasteiger partial charge in [0.05, 0.1) is 19.1 Å². The molecule has 0 fully saturated rings. The number of amides is 1. The van der Waals surface area contributed by atoms with Crippen molar-refractivity contribution in [1.29, 1.82) is 0 Å². The quantitative estimate of drug-likeness (QED) is 0.379. The van der Waals surface area contributed by atoms with Gasteiger partial charge in [0, 0.05) is 18.7 Å². The number of methoxy groups -OCH3 is 1. The third-order valence-corrected chi connectivity index (χ3v) is 5.49. The van der Waals surface area contributed by atoms with Crippen molar-refractivity contribution in [1.82, 2.24) is 19.9 Å². The number of nitrogens with zero attached hydrogens (tertiary/aromatic N) is 3. The van der Waals surface area contributed by atoms with E-state index < -0.39 is 23.1 Å². The summed E-state index contributed by atoms with van der Waals surface area (Å²) in [7, 11) is 1.40. The summed E-state index contributed by atoms with van der Waals surface area (Å²) in [5.41, 5.74) is 0.548. The van der Waals surface area contributed by atoms with Gasteiger partial charge in [0.15, 0.2) is 28.7 Å². The molecule has 0 bridgehead atoms. The number of aromatic hydroxyl groups is 2. The van der Waals surface area contributed by atoms with Gasteiger partial charge in [-0.1, -0.05) is 12.1 Å². The van der Waals surface area contributed by atoms with Gasteiger partial charge in [-0.15, -0.1) is 10.2 Å². The Morgan fingerprint density at radius 2 is 2.00 bits per heavy atom. The van der Waals surface area contributed by atoms with Gasteiger partial charge in [-0.3, -0.25) is 14.0 Å². The maximum absolute atomic E-state index is 13.1. The normalized spacial score (nSPS) is 12.9. The van der Waals surface area contributed by atoms with Crippen LogP contribution in [0.1, 0.15) is 48.2 Å². The highest BCUT2D eigenvalue weighted by molar-refractivity contribution is 5.78. The number of hydrogen-bond donors (Lipinski definition) is 3. The van der Waals surface area contributed by atoms with Crippen molar-refractivity contribution >= 4 is 11.6 Å². The Kier molecular flexibility index (Phi) is 6.22. The van der Waals surface area contributed by atoms with Gasteiger partial charge in [0.1, 0.15) is 5.76 Å². The number of pyridine rings is 1. The molecule has 0 saturated heterocycles. The number of aryl methyl sites for hydroxylation is 1. The lowest BCUT2D eigenvalue weighted by molar-refractivity contribution is -0.122. The molecular weight excluding hydrogens is 440 g/mol. The smallest absolute Gasteiger partial charge is 0.227 e. The van der Waals surface area contributed by atoms with Gasteiger partial charge in [0.25, 0.3) is 0 Å². The van der Waals surface area contributed by atoms with Crippen LogP contribution in [0.2, 0.25) is 0 Å². The van der Waals surface area contributed by atoms with Crippen molar-refractivity contribution in [2.45, 2.75) is 32.2 Å². The number of rotatable bonds is 7. The molecule has 3 aromatic heterocycles. The lowest BCUT2D eigenvalue weighted by Gasteiger charge is -2.20. The Balaban J connectivity index is 1.67. The van der Waals surface area contributed by atoms with Crippen molar-refractivity contribution in [2.75, 3.05) is 7.11 Å². The topological polar surface area (TPSA) is 139 Å². The van der Waals surface area contributed by atoms with E-state index >= 15 is 0 Å². The van der Waals surface area contributed by atoms with Gasteiger partial charge < -0.3 is 24.7 Å². The molecule has 0 spiro atoms. The molecule has 3 heterocycles. The van der Waals surface area contributed by atoms with E-state index in [1.165, 1.54) is 25.3 Å². The van der Waals surface area contributed by atoms with Crippen molar-refractivity contribution in [3.05, 3.63) is 81.8 Å². The summed E-state index contributed by atoms with van der Waals surface area (Å²) in [5, 5.41) is 31.6. The van der Waals surface area contributed by atoms with Crippen molar-refractivity contribution in [3.63, 3.8) is 0 Å². The number of ether oxygens (including phenoxy) is 1. The van der Waals surface area contributed by atoms with Crippen LogP contribution in [0, 0.1) is 6.92 Å². The number of aromatic nitrogens is 3. The van der Waals surface area contributed by atoms with Gasteiger partial charge in [-0.05, 0) is 43.7 Å². The minimum atomic E-state index is -0.829. The zero-order chi connectivity index (χ0) is 24.4. The molecule has 4 rings (SSSR count). The highest BCUT2D eigenvalue weighted by Crippen LogP contribution is 2.37. The minimum absolute atomic E-state index is 0.0477. The van der Waals surface area contributed by atoms with Crippen LogP contribution >= 0.6 is 0 Å². The second-order valence-electron chi connectivity index (χ2n) is 7.90. The number of nitrogens with one attached hydrogen (secondary N) is 1. The van der Waals surface area contributed by atoms with Crippen LogP contribution in [0.25, 0.3) is 5.65 Å². The molecule has 3 N–H and O–H groups in total. The van der Waals surface area contributed by atoms with E-state index in [1.807, 2.05) is 18.2 Å². The van der Waals surface area contributed by atoms with E-state index in [4.69, 9.17) is 9.15 Å². The molecule has 0 saturated carbocycles. The zero-order valence-electron chi connectivity index (χ0n) is 18.8. The number of fused-ring (bicyclic) bond motifs is 1. The van der Waals surface area contributed by atoms with Crippen LogP contribution in [0.15, 0.2) is 57.9 Å². The average molecular weight is 464 g/mol. The highest BCUT2D eigenvalue weighted by Gasteiger charge is 2.28. The molecule has 10 heteroatoms. The highest BCUT2D eigenvalue weighted by atomic mass is 16.5. The third kappa shape index (κ3) is 4.42. The fourth-order valence-corrected chi connectivity index (χ4v) is 3.84. The predicted molar refractivity (Wildman–Crippen MR) is 122 cm³/mol. The summed E-state index contributed by atoms with van der Waals surface area (Å²) >= 11 is 0. The van der Waals surface area contributed by atoms with Crippen LogP contribution in [-0.4, -0.2) is 37.8 Å². The molecule has 34 heavy (non-hydrogen) atoms. The summed E-state index contributed by atoms with van der Waals surface area (Å²) in [6, 6.07) is 10.7. The molecule has 0 unspecified atom stereocenters. The van der Waals surface area contributed by atoms with Crippen LogP contribution in [0.5, 0.6) is 17.2 Å². The van der Waals surface area contributed by atoms with E-state index in [9.17, 15) is 19.8 Å². The van der Waals surface area contributed by atoms with Gasteiger partial charge >= 0.3 is 0 Å². The van der Waals surface area contributed by atoms with Crippen LogP contribution in [-0.2, 0) is 4.79 Å². The largest absolute Gasteiger partial charge is 0.504 e. The maximum atomic E-state index is 13.1. The lowest BCUT2D eigenvalue weighted by Crippen LogP contribution is -2.29. The molecular formula is C24H24N4O6. The van der Waals surface area contributed by atoms with Crippen LogP contribution in [0.4, 0.5) is 0 Å². The SMILES string of the molecule is COc1cc([C@@H](CC(=O)N[C@H](C)c2nnc3ccccn23)c2oc(C)cc(=O)c2O)ccc1O. The van der Waals surface area contributed by atoms with E-state index in [1.54, 1.807) is 30.5 Å². The van der Waals surface area contributed by atoms with E-state index in [-0.39, 0.29) is 35.3 Å². The summed E-state index contributed by atoms with van der Waals surface area (Å²) < 4.78 is 12.6. The molecule has 1 aromatic carbocycles. The van der Waals surface area contributed by atoms with Crippen molar-refractivity contribution < 1.29 is 24.2 Å². The van der Waals surface area contributed by atoms with Crippen LogP contribution < -0.4 is 15.5 Å². The van der Waals surface area contributed by atoms with Gasteiger partial charge in [-0.2, -0.15) is 0 Å².